The van der Waals surface area contributed by atoms with Gasteiger partial charge in [-0.3, -0.25) is 5.41 Å². The molecule has 0 amide bonds. The quantitative estimate of drug-likeness (QED) is 0.464. The van der Waals surface area contributed by atoms with Crippen LogP contribution in [0.1, 0.15) is 32.6 Å². The van der Waals surface area contributed by atoms with Crippen LogP contribution in [-0.4, -0.2) is 23.4 Å². The Morgan fingerprint density at radius 1 is 1.55 bits per heavy atom. The number of nitrogens with one attached hydrogen (secondary N) is 1. The minimum absolute atomic E-state index is 0.236. The Kier molecular flexibility index (Phi) is 2.74. The number of nitrogens with zero attached hydrogens (tertiary/aromatic N) is 1. The van der Waals surface area contributed by atoms with E-state index in [0.29, 0.717) is 6.04 Å². The van der Waals surface area contributed by atoms with Crippen LogP contribution in [0, 0.1) is 5.41 Å². The standard InChI is InChI=1S/C8H17N3/c1-2-11(8(9)10)7-5-3-4-6-7/h7H,2-6H2,1H3,(H3,9,10). The summed E-state index contributed by atoms with van der Waals surface area (Å²) in [4.78, 5) is 1.99. The van der Waals surface area contributed by atoms with Gasteiger partial charge in [-0.05, 0) is 19.8 Å². The molecule has 1 fully saturated rings. The molecular formula is C8H17N3. The molecule has 1 aliphatic carbocycles. The number of hydrogen-bond acceptors (Lipinski definition) is 1. The van der Waals surface area contributed by atoms with Gasteiger partial charge in [-0.15, -0.1) is 0 Å². The van der Waals surface area contributed by atoms with E-state index in [-0.39, 0.29) is 5.96 Å². The van der Waals surface area contributed by atoms with Crippen molar-refractivity contribution in [2.45, 2.75) is 38.6 Å². The first-order chi connectivity index (χ1) is 5.25. The van der Waals surface area contributed by atoms with E-state index in [1.807, 2.05) is 4.90 Å². The van der Waals surface area contributed by atoms with E-state index in [9.17, 15) is 0 Å². The maximum atomic E-state index is 7.32. The van der Waals surface area contributed by atoms with Crippen LogP contribution in [0.5, 0.6) is 0 Å². The fraction of sp³-hybridized carbons (Fsp3) is 0.875. The van der Waals surface area contributed by atoms with Crippen LogP contribution in [0.2, 0.25) is 0 Å². The summed E-state index contributed by atoms with van der Waals surface area (Å²) in [6.45, 7) is 2.93. The van der Waals surface area contributed by atoms with E-state index < -0.39 is 0 Å². The highest BCUT2D eigenvalue weighted by atomic mass is 15.2. The second kappa shape index (κ2) is 3.60. The molecule has 0 spiro atoms. The molecule has 0 atom stereocenters. The van der Waals surface area contributed by atoms with Crippen molar-refractivity contribution in [2.75, 3.05) is 6.54 Å². The van der Waals surface area contributed by atoms with E-state index in [4.69, 9.17) is 11.1 Å². The zero-order chi connectivity index (χ0) is 8.27. The van der Waals surface area contributed by atoms with Crippen LogP contribution < -0.4 is 5.73 Å². The van der Waals surface area contributed by atoms with E-state index >= 15 is 0 Å². The van der Waals surface area contributed by atoms with Gasteiger partial charge in [0.15, 0.2) is 5.96 Å². The van der Waals surface area contributed by atoms with Gasteiger partial charge in [0.25, 0.3) is 0 Å². The summed E-state index contributed by atoms with van der Waals surface area (Å²) in [7, 11) is 0. The summed E-state index contributed by atoms with van der Waals surface area (Å²) in [6.07, 6.45) is 5.03. The van der Waals surface area contributed by atoms with Crippen molar-refractivity contribution in [2.24, 2.45) is 5.73 Å². The summed E-state index contributed by atoms with van der Waals surface area (Å²) < 4.78 is 0. The van der Waals surface area contributed by atoms with E-state index in [1.165, 1.54) is 25.7 Å². The average Bonchev–Trinajstić information content (AvgIpc) is 2.40. The van der Waals surface area contributed by atoms with Crippen LogP contribution in [-0.2, 0) is 0 Å². The van der Waals surface area contributed by atoms with Gasteiger partial charge in [0, 0.05) is 12.6 Å². The molecule has 0 aromatic carbocycles. The number of nitrogens with two attached hydrogens (primary N) is 1. The largest absolute Gasteiger partial charge is 0.370 e. The Morgan fingerprint density at radius 2 is 2.09 bits per heavy atom. The molecule has 0 heterocycles. The first kappa shape index (κ1) is 8.37. The molecule has 0 aromatic heterocycles. The lowest BCUT2D eigenvalue weighted by molar-refractivity contribution is 0.323. The average molecular weight is 155 g/mol. The lowest BCUT2D eigenvalue weighted by atomic mass is 10.2. The van der Waals surface area contributed by atoms with Gasteiger partial charge in [-0.1, -0.05) is 12.8 Å². The summed E-state index contributed by atoms with van der Waals surface area (Å²) in [5.41, 5.74) is 5.44. The topological polar surface area (TPSA) is 53.1 Å². The fourth-order valence-electron chi connectivity index (χ4n) is 1.84. The van der Waals surface area contributed by atoms with Crippen LogP contribution in [0.4, 0.5) is 0 Å². The molecule has 0 radical (unpaired) electrons. The van der Waals surface area contributed by atoms with Gasteiger partial charge in [-0.2, -0.15) is 0 Å². The van der Waals surface area contributed by atoms with Crippen molar-refractivity contribution in [1.29, 1.82) is 5.41 Å². The normalized spacial score (nSPS) is 18.6. The van der Waals surface area contributed by atoms with Crippen molar-refractivity contribution in [1.82, 2.24) is 4.90 Å². The smallest absolute Gasteiger partial charge is 0.188 e. The van der Waals surface area contributed by atoms with Gasteiger partial charge in [0.05, 0.1) is 0 Å². The van der Waals surface area contributed by atoms with Crippen LogP contribution in [0.3, 0.4) is 0 Å². The molecule has 3 nitrogen and oxygen atoms in total. The molecule has 0 unspecified atom stereocenters. The summed E-state index contributed by atoms with van der Waals surface area (Å²) >= 11 is 0. The summed E-state index contributed by atoms with van der Waals surface area (Å²) in [5, 5.41) is 7.32. The minimum Gasteiger partial charge on any atom is -0.370 e. The first-order valence-corrected chi connectivity index (χ1v) is 4.36. The molecule has 0 aliphatic heterocycles. The Bertz CT molecular complexity index is 138. The van der Waals surface area contributed by atoms with E-state index in [0.717, 1.165) is 6.54 Å². The fourth-order valence-corrected chi connectivity index (χ4v) is 1.84. The van der Waals surface area contributed by atoms with Crippen molar-refractivity contribution < 1.29 is 0 Å². The molecule has 64 valence electrons. The number of hydrogen-bond donors (Lipinski definition) is 2. The number of rotatable bonds is 2. The maximum Gasteiger partial charge on any atom is 0.188 e. The van der Waals surface area contributed by atoms with Crippen LogP contribution >= 0.6 is 0 Å². The SMILES string of the molecule is CCN(C(=N)N)C1CCCC1. The van der Waals surface area contributed by atoms with Crippen molar-refractivity contribution in [3.8, 4) is 0 Å². The van der Waals surface area contributed by atoms with Crippen molar-refractivity contribution >= 4 is 5.96 Å². The first-order valence-electron chi connectivity index (χ1n) is 4.36. The van der Waals surface area contributed by atoms with Gasteiger partial charge in [-0.25, -0.2) is 0 Å². The predicted molar refractivity (Wildman–Crippen MR) is 46.6 cm³/mol. The predicted octanol–water partition coefficient (Wildman–Crippen LogP) is 1.14. The third-order valence-corrected chi connectivity index (χ3v) is 2.42. The monoisotopic (exact) mass is 155 g/mol. The Hall–Kier alpha value is -0.730. The second-order valence-corrected chi connectivity index (χ2v) is 3.11. The molecule has 1 saturated carbocycles. The molecule has 1 aliphatic rings. The molecule has 11 heavy (non-hydrogen) atoms. The lowest BCUT2D eigenvalue weighted by Crippen LogP contribution is -2.42. The summed E-state index contributed by atoms with van der Waals surface area (Å²) in [6, 6.07) is 0.553. The second-order valence-electron chi connectivity index (χ2n) is 3.11. The molecule has 0 aromatic rings. The number of guanidine groups is 1. The molecule has 3 heteroatoms. The highest BCUT2D eigenvalue weighted by Gasteiger charge is 2.21. The van der Waals surface area contributed by atoms with Gasteiger partial charge in [0.2, 0.25) is 0 Å². The Balaban J connectivity index is 2.46. The zero-order valence-corrected chi connectivity index (χ0v) is 7.14. The highest BCUT2D eigenvalue weighted by Crippen LogP contribution is 2.22. The maximum absolute atomic E-state index is 7.32. The molecule has 3 N–H and O–H groups in total. The summed E-state index contributed by atoms with van der Waals surface area (Å²) in [5.74, 6) is 0.236. The Morgan fingerprint density at radius 3 is 2.45 bits per heavy atom. The van der Waals surface area contributed by atoms with Crippen molar-refractivity contribution in [3.05, 3.63) is 0 Å². The highest BCUT2D eigenvalue weighted by molar-refractivity contribution is 5.74. The lowest BCUT2D eigenvalue weighted by Gasteiger charge is -2.27. The molecular weight excluding hydrogens is 138 g/mol. The van der Waals surface area contributed by atoms with E-state index in [2.05, 4.69) is 6.92 Å². The molecule has 0 bridgehead atoms. The van der Waals surface area contributed by atoms with Crippen LogP contribution in [0.25, 0.3) is 0 Å². The van der Waals surface area contributed by atoms with Gasteiger partial charge >= 0.3 is 0 Å². The third kappa shape index (κ3) is 1.85. The van der Waals surface area contributed by atoms with Crippen LogP contribution in [0.15, 0.2) is 0 Å². The Labute approximate surface area is 68.1 Å². The molecule has 1 rings (SSSR count). The van der Waals surface area contributed by atoms with Gasteiger partial charge < -0.3 is 10.6 Å². The zero-order valence-electron chi connectivity index (χ0n) is 7.14. The minimum atomic E-state index is 0.236. The third-order valence-electron chi connectivity index (χ3n) is 2.42. The van der Waals surface area contributed by atoms with E-state index in [1.54, 1.807) is 0 Å². The van der Waals surface area contributed by atoms with Gasteiger partial charge in [0.1, 0.15) is 0 Å². The van der Waals surface area contributed by atoms with Crippen molar-refractivity contribution in [3.63, 3.8) is 0 Å². The molecule has 0 saturated heterocycles.